The first-order valence-electron chi connectivity index (χ1n) is 10.0. The van der Waals surface area contributed by atoms with Crippen LogP contribution >= 0.6 is 0 Å². The number of halogens is 1. The van der Waals surface area contributed by atoms with E-state index in [4.69, 9.17) is 0 Å². The number of nitrogens with zero attached hydrogens (tertiary/aromatic N) is 5. The van der Waals surface area contributed by atoms with Gasteiger partial charge in [0.05, 0.1) is 19.2 Å². The second-order valence-corrected chi connectivity index (χ2v) is 7.66. The molecule has 29 heavy (non-hydrogen) atoms. The average molecular weight is 395 g/mol. The van der Waals surface area contributed by atoms with Crippen molar-refractivity contribution < 1.29 is 9.18 Å². The molecule has 1 aliphatic rings. The predicted octanol–water partition coefficient (Wildman–Crippen LogP) is 2.33. The molecular weight excluding hydrogens is 369 g/mol. The van der Waals surface area contributed by atoms with Crippen LogP contribution in [-0.4, -0.2) is 76.3 Å². The van der Waals surface area contributed by atoms with Gasteiger partial charge in [0.1, 0.15) is 6.67 Å². The van der Waals surface area contributed by atoms with Gasteiger partial charge in [-0.2, -0.15) is 5.10 Å². The summed E-state index contributed by atoms with van der Waals surface area (Å²) in [6.45, 7) is 3.87. The summed E-state index contributed by atoms with van der Waals surface area (Å²) >= 11 is 0. The first-order chi connectivity index (χ1) is 14.1. The lowest BCUT2D eigenvalue weighted by molar-refractivity contribution is -0.120. The van der Waals surface area contributed by atoms with Gasteiger partial charge in [0.2, 0.25) is 0 Å². The Morgan fingerprint density at radius 3 is 2.55 bits per heavy atom. The van der Waals surface area contributed by atoms with Crippen LogP contribution in [0.25, 0.3) is 21.9 Å². The van der Waals surface area contributed by atoms with Crippen LogP contribution in [0.5, 0.6) is 0 Å². The van der Waals surface area contributed by atoms with E-state index in [1.54, 1.807) is 4.68 Å². The third-order valence-corrected chi connectivity index (χ3v) is 5.46. The minimum atomic E-state index is -0.310. The fourth-order valence-corrected chi connectivity index (χ4v) is 3.83. The Bertz CT molecular complexity index is 994. The van der Waals surface area contributed by atoms with E-state index in [9.17, 15) is 9.18 Å². The fraction of sp³-hybridized carbons (Fsp3) is 0.409. The minimum absolute atomic E-state index is 0.166. The SMILES string of the molecule is Cn1cc(-c2ccc3cnc(CC(=O)CN4CCN(CCF)CC4)cc3c2)cn1. The molecule has 0 amide bonds. The lowest BCUT2D eigenvalue weighted by Gasteiger charge is -2.33. The van der Waals surface area contributed by atoms with Crippen molar-refractivity contribution in [2.75, 3.05) is 45.9 Å². The van der Waals surface area contributed by atoms with E-state index in [-0.39, 0.29) is 12.5 Å². The van der Waals surface area contributed by atoms with Crippen molar-refractivity contribution in [2.45, 2.75) is 6.42 Å². The second kappa shape index (κ2) is 8.80. The zero-order chi connectivity index (χ0) is 20.2. The summed E-state index contributed by atoms with van der Waals surface area (Å²) < 4.78 is 14.2. The van der Waals surface area contributed by atoms with Gasteiger partial charge in [-0.1, -0.05) is 12.1 Å². The normalized spacial score (nSPS) is 15.8. The zero-order valence-electron chi connectivity index (χ0n) is 16.7. The van der Waals surface area contributed by atoms with Crippen LogP contribution in [0.15, 0.2) is 42.9 Å². The number of hydrogen-bond acceptors (Lipinski definition) is 5. The Hall–Kier alpha value is -2.64. The molecule has 1 saturated heterocycles. The number of benzene rings is 1. The van der Waals surface area contributed by atoms with Gasteiger partial charge >= 0.3 is 0 Å². The Morgan fingerprint density at radius 1 is 1.03 bits per heavy atom. The number of ketones is 1. The lowest BCUT2D eigenvalue weighted by atomic mass is 10.0. The molecule has 0 saturated carbocycles. The molecule has 7 heteroatoms. The molecule has 3 heterocycles. The van der Waals surface area contributed by atoms with Crippen molar-refractivity contribution >= 4 is 16.6 Å². The van der Waals surface area contributed by atoms with Crippen molar-refractivity contribution in [2.24, 2.45) is 7.05 Å². The molecule has 0 bridgehead atoms. The van der Waals surface area contributed by atoms with Crippen LogP contribution in [0, 0.1) is 0 Å². The number of hydrogen-bond donors (Lipinski definition) is 0. The molecule has 0 unspecified atom stereocenters. The van der Waals surface area contributed by atoms with Gasteiger partial charge < -0.3 is 0 Å². The number of pyridine rings is 1. The maximum atomic E-state index is 12.5. The van der Waals surface area contributed by atoms with Gasteiger partial charge in [-0.3, -0.25) is 24.3 Å². The number of rotatable bonds is 7. The summed E-state index contributed by atoms with van der Waals surface area (Å²) in [4.78, 5) is 21.3. The first kappa shape index (κ1) is 19.7. The summed E-state index contributed by atoms with van der Waals surface area (Å²) in [6, 6.07) is 8.24. The van der Waals surface area contributed by atoms with Crippen LogP contribution in [-0.2, 0) is 18.3 Å². The van der Waals surface area contributed by atoms with E-state index >= 15 is 0 Å². The molecule has 6 nitrogen and oxygen atoms in total. The van der Waals surface area contributed by atoms with Crippen LogP contribution in [0.2, 0.25) is 0 Å². The molecule has 0 spiro atoms. The highest BCUT2D eigenvalue weighted by molar-refractivity contribution is 5.88. The summed E-state index contributed by atoms with van der Waals surface area (Å²) in [6.07, 6.45) is 6.00. The van der Waals surface area contributed by atoms with Crippen LogP contribution in [0.3, 0.4) is 0 Å². The number of carbonyl (C=O) groups excluding carboxylic acids is 1. The van der Waals surface area contributed by atoms with E-state index in [1.807, 2.05) is 37.8 Å². The van der Waals surface area contributed by atoms with E-state index in [0.29, 0.717) is 19.5 Å². The van der Waals surface area contributed by atoms with Crippen LogP contribution < -0.4 is 0 Å². The molecule has 152 valence electrons. The second-order valence-electron chi connectivity index (χ2n) is 7.66. The molecule has 0 atom stereocenters. The monoisotopic (exact) mass is 395 g/mol. The van der Waals surface area contributed by atoms with Gasteiger partial charge in [0.15, 0.2) is 5.78 Å². The molecule has 3 aromatic rings. The summed E-state index contributed by atoms with van der Waals surface area (Å²) in [7, 11) is 1.90. The van der Waals surface area contributed by atoms with E-state index < -0.39 is 0 Å². The fourth-order valence-electron chi connectivity index (χ4n) is 3.83. The Morgan fingerprint density at radius 2 is 1.83 bits per heavy atom. The standard InChI is InChI=1S/C22H26FN5O/c1-26-15-20(14-25-26)17-2-3-18-13-24-21(11-19(18)10-17)12-22(29)16-28-8-6-27(5-4-23)7-9-28/h2-3,10-11,13-15H,4-9,12,16H2,1H3. The molecule has 1 fully saturated rings. The number of Topliss-reactive ketones (excluding diaryl/α,β-unsaturated/α-hetero) is 1. The zero-order valence-corrected chi connectivity index (χ0v) is 16.7. The molecule has 1 aromatic carbocycles. The maximum Gasteiger partial charge on any atom is 0.152 e. The molecule has 0 aliphatic carbocycles. The number of aromatic nitrogens is 3. The Kier molecular flexibility index (Phi) is 5.97. The smallest absolute Gasteiger partial charge is 0.152 e. The third kappa shape index (κ3) is 4.86. The number of piperazine rings is 1. The molecule has 0 N–H and O–H groups in total. The predicted molar refractivity (Wildman–Crippen MR) is 112 cm³/mol. The van der Waals surface area contributed by atoms with Gasteiger partial charge in [-0.05, 0) is 23.1 Å². The highest BCUT2D eigenvalue weighted by atomic mass is 19.1. The largest absolute Gasteiger partial charge is 0.298 e. The molecule has 0 radical (unpaired) electrons. The van der Waals surface area contributed by atoms with Crippen LogP contribution in [0.4, 0.5) is 4.39 Å². The number of carbonyl (C=O) groups is 1. The average Bonchev–Trinajstić information content (AvgIpc) is 3.15. The lowest BCUT2D eigenvalue weighted by Crippen LogP contribution is -2.48. The van der Waals surface area contributed by atoms with Gasteiger partial charge in [0.25, 0.3) is 0 Å². The van der Waals surface area contributed by atoms with Gasteiger partial charge in [-0.15, -0.1) is 0 Å². The molecule has 2 aromatic heterocycles. The summed E-state index contributed by atoms with van der Waals surface area (Å²) in [5, 5.41) is 6.36. The minimum Gasteiger partial charge on any atom is -0.298 e. The van der Waals surface area contributed by atoms with Gasteiger partial charge in [-0.25, -0.2) is 4.39 Å². The third-order valence-electron chi connectivity index (χ3n) is 5.46. The highest BCUT2D eigenvalue weighted by Crippen LogP contribution is 2.24. The van der Waals surface area contributed by atoms with Gasteiger partial charge in [0, 0.05) is 68.8 Å². The summed E-state index contributed by atoms with van der Waals surface area (Å²) in [5.74, 6) is 0.166. The van der Waals surface area contributed by atoms with Crippen molar-refractivity contribution in [3.63, 3.8) is 0 Å². The summed E-state index contributed by atoms with van der Waals surface area (Å²) in [5.41, 5.74) is 2.96. The van der Waals surface area contributed by atoms with Crippen molar-refractivity contribution in [1.29, 1.82) is 0 Å². The number of alkyl halides is 1. The maximum absolute atomic E-state index is 12.5. The van der Waals surface area contributed by atoms with E-state index in [1.165, 1.54) is 0 Å². The number of fused-ring (bicyclic) bond motifs is 1. The van der Waals surface area contributed by atoms with Crippen molar-refractivity contribution in [1.82, 2.24) is 24.6 Å². The topological polar surface area (TPSA) is 54.3 Å². The van der Waals surface area contributed by atoms with E-state index in [0.717, 1.165) is 53.8 Å². The highest BCUT2D eigenvalue weighted by Gasteiger charge is 2.19. The van der Waals surface area contributed by atoms with E-state index in [2.05, 4.69) is 32.0 Å². The quantitative estimate of drug-likeness (QED) is 0.615. The molecule has 4 rings (SSSR count). The van der Waals surface area contributed by atoms with Crippen molar-refractivity contribution in [3.8, 4) is 11.1 Å². The molecule has 1 aliphatic heterocycles. The Labute approximate surface area is 169 Å². The van der Waals surface area contributed by atoms with Crippen LogP contribution in [0.1, 0.15) is 5.69 Å². The molecular formula is C22H26FN5O. The Balaban J connectivity index is 1.40. The van der Waals surface area contributed by atoms with Crippen molar-refractivity contribution in [3.05, 3.63) is 48.5 Å². The number of aryl methyl sites for hydroxylation is 1. The first-order valence-corrected chi connectivity index (χ1v) is 10.0.